The number of hydrogen-bond donors (Lipinski definition) is 1. The summed E-state index contributed by atoms with van der Waals surface area (Å²) >= 11 is 2.35. The number of amides is 2. The first kappa shape index (κ1) is 22.3. The first-order valence-corrected chi connectivity index (χ1v) is 11.9. The van der Waals surface area contributed by atoms with Gasteiger partial charge in [-0.25, -0.2) is 4.98 Å². The van der Waals surface area contributed by atoms with Gasteiger partial charge in [0, 0.05) is 45.3 Å². The van der Waals surface area contributed by atoms with E-state index in [1.165, 1.54) is 17.4 Å². The van der Waals surface area contributed by atoms with Crippen LogP contribution in [0.2, 0.25) is 0 Å². The zero-order valence-electron chi connectivity index (χ0n) is 17.8. The standard InChI is InChI=1S/C21H23N5O4S2/c1-24(2)6-5-22-13-12-14(27)18-16(17(13)28)23-19(32-18)21(30)26-9-7-25(8-10-26)20(29)15-4-3-11-31-15/h3-4,11-12,22H,5-10H2,1-2H3. The molecule has 0 atom stereocenters. The molecule has 1 saturated heterocycles. The zero-order chi connectivity index (χ0) is 22.8. The Bertz CT molecular complexity index is 1080. The number of fused-ring (bicyclic) bond motifs is 1. The number of allylic oxidation sites excluding steroid dienone is 2. The van der Waals surface area contributed by atoms with Crippen molar-refractivity contribution in [3.8, 4) is 0 Å². The molecule has 0 spiro atoms. The van der Waals surface area contributed by atoms with Gasteiger partial charge in [0.2, 0.25) is 5.78 Å². The predicted molar refractivity (Wildman–Crippen MR) is 122 cm³/mol. The molecule has 3 heterocycles. The van der Waals surface area contributed by atoms with Crippen molar-refractivity contribution in [2.24, 2.45) is 0 Å². The van der Waals surface area contributed by atoms with E-state index in [0.717, 1.165) is 11.3 Å². The van der Waals surface area contributed by atoms with Crippen molar-refractivity contribution in [2.45, 2.75) is 0 Å². The molecule has 0 saturated carbocycles. The number of carbonyl (C=O) groups excluding carboxylic acids is 4. The second-order valence-electron chi connectivity index (χ2n) is 7.74. The van der Waals surface area contributed by atoms with Gasteiger partial charge >= 0.3 is 0 Å². The summed E-state index contributed by atoms with van der Waals surface area (Å²) in [7, 11) is 3.83. The normalized spacial score (nSPS) is 16.3. The quantitative estimate of drug-likeness (QED) is 0.673. The van der Waals surface area contributed by atoms with Gasteiger partial charge in [-0.15, -0.1) is 22.7 Å². The minimum Gasteiger partial charge on any atom is -0.380 e. The molecule has 2 aromatic heterocycles. The highest BCUT2D eigenvalue weighted by atomic mass is 32.1. The highest BCUT2D eigenvalue weighted by Crippen LogP contribution is 2.27. The Balaban J connectivity index is 1.40. The first-order valence-electron chi connectivity index (χ1n) is 10.2. The van der Waals surface area contributed by atoms with Crippen LogP contribution < -0.4 is 5.32 Å². The summed E-state index contributed by atoms with van der Waals surface area (Å²) in [5.74, 6) is -1.06. The highest BCUT2D eigenvalue weighted by molar-refractivity contribution is 7.16. The molecular formula is C21H23N5O4S2. The molecule has 11 heteroatoms. The molecule has 0 unspecified atom stereocenters. The first-order chi connectivity index (χ1) is 15.3. The van der Waals surface area contributed by atoms with Gasteiger partial charge in [0.05, 0.1) is 10.6 Å². The average Bonchev–Trinajstić information content (AvgIpc) is 3.47. The van der Waals surface area contributed by atoms with Crippen LogP contribution in [0, 0.1) is 0 Å². The van der Waals surface area contributed by atoms with E-state index in [1.54, 1.807) is 15.9 Å². The van der Waals surface area contributed by atoms with Crippen LogP contribution >= 0.6 is 22.7 Å². The Morgan fingerprint density at radius 1 is 1.12 bits per heavy atom. The van der Waals surface area contributed by atoms with Gasteiger partial charge in [-0.1, -0.05) is 6.07 Å². The minimum absolute atomic E-state index is 0.0321. The molecule has 1 fully saturated rings. The van der Waals surface area contributed by atoms with Gasteiger partial charge < -0.3 is 20.0 Å². The van der Waals surface area contributed by atoms with Crippen LogP contribution in [0.4, 0.5) is 0 Å². The van der Waals surface area contributed by atoms with E-state index in [-0.39, 0.29) is 44.7 Å². The van der Waals surface area contributed by atoms with Crippen LogP contribution in [-0.2, 0) is 0 Å². The molecule has 9 nitrogen and oxygen atoms in total. The fraction of sp³-hybridized carbons (Fsp3) is 0.381. The lowest BCUT2D eigenvalue weighted by Crippen LogP contribution is -2.50. The van der Waals surface area contributed by atoms with E-state index >= 15 is 0 Å². The molecule has 4 rings (SSSR count). The van der Waals surface area contributed by atoms with Crippen LogP contribution in [0.25, 0.3) is 0 Å². The molecule has 0 bridgehead atoms. The van der Waals surface area contributed by atoms with E-state index < -0.39 is 0 Å². The van der Waals surface area contributed by atoms with E-state index in [1.807, 2.05) is 30.4 Å². The topological polar surface area (TPSA) is 103 Å². The van der Waals surface area contributed by atoms with Crippen LogP contribution in [0.15, 0.2) is 29.3 Å². The second kappa shape index (κ2) is 9.31. The Morgan fingerprint density at radius 2 is 1.81 bits per heavy atom. The van der Waals surface area contributed by atoms with Crippen molar-refractivity contribution in [1.29, 1.82) is 0 Å². The molecule has 0 radical (unpaired) electrons. The Labute approximate surface area is 193 Å². The summed E-state index contributed by atoms with van der Waals surface area (Å²) in [4.78, 5) is 61.1. The maximum Gasteiger partial charge on any atom is 0.282 e. The lowest BCUT2D eigenvalue weighted by Gasteiger charge is -2.34. The highest BCUT2D eigenvalue weighted by Gasteiger charge is 2.33. The molecule has 2 aliphatic rings. The summed E-state index contributed by atoms with van der Waals surface area (Å²) in [5.41, 5.74) is 0.235. The lowest BCUT2D eigenvalue weighted by atomic mass is 10.0. The number of nitrogens with one attached hydrogen (secondary N) is 1. The third-order valence-electron chi connectivity index (χ3n) is 5.23. The fourth-order valence-corrected chi connectivity index (χ4v) is 5.10. The third-order valence-corrected chi connectivity index (χ3v) is 7.15. The molecule has 2 aromatic rings. The molecule has 1 aliphatic carbocycles. The fourth-order valence-electron chi connectivity index (χ4n) is 3.47. The van der Waals surface area contributed by atoms with Gasteiger partial charge in [0.15, 0.2) is 10.8 Å². The Hall–Kier alpha value is -2.89. The number of likely N-dealkylation sites (N-methyl/N-ethyl adjacent to an activating group) is 1. The molecule has 1 aliphatic heterocycles. The molecule has 0 aromatic carbocycles. The largest absolute Gasteiger partial charge is 0.380 e. The van der Waals surface area contributed by atoms with Crippen LogP contribution in [-0.4, -0.2) is 96.4 Å². The van der Waals surface area contributed by atoms with E-state index in [2.05, 4.69) is 10.3 Å². The van der Waals surface area contributed by atoms with Gasteiger partial charge in [-0.2, -0.15) is 0 Å². The van der Waals surface area contributed by atoms with Crippen LogP contribution in [0.5, 0.6) is 0 Å². The predicted octanol–water partition coefficient (Wildman–Crippen LogP) is 1.22. The second-order valence-corrected chi connectivity index (χ2v) is 9.69. The van der Waals surface area contributed by atoms with Crippen molar-refractivity contribution in [3.05, 3.63) is 49.7 Å². The van der Waals surface area contributed by atoms with Gasteiger partial charge in [-0.3, -0.25) is 19.2 Å². The summed E-state index contributed by atoms with van der Waals surface area (Å²) in [6, 6.07) is 3.62. The van der Waals surface area contributed by atoms with Crippen molar-refractivity contribution >= 4 is 46.1 Å². The number of rotatable bonds is 6. The van der Waals surface area contributed by atoms with Crippen LogP contribution in [0.3, 0.4) is 0 Å². The summed E-state index contributed by atoms with van der Waals surface area (Å²) in [6.07, 6.45) is 1.28. The number of aromatic nitrogens is 1. The van der Waals surface area contributed by atoms with E-state index in [9.17, 15) is 19.2 Å². The number of piperazine rings is 1. The van der Waals surface area contributed by atoms with Crippen LogP contribution in [0.1, 0.15) is 39.6 Å². The average molecular weight is 474 g/mol. The van der Waals surface area contributed by atoms with Crippen molar-refractivity contribution in [3.63, 3.8) is 0 Å². The molecule has 1 N–H and O–H groups in total. The summed E-state index contributed by atoms with van der Waals surface area (Å²) < 4.78 is 0. The summed E-state index contributed by atoms with van der Waals surface area (Å²) in [5, 5.41) is 4.97. The van der Waals surface area contributed by atoms with E-state index in [4.69, 9.17) is 0 Å². The SMILES string of the molecule is CN(C)CCNC1=CC(=O)c2sc(C(=O)N3CCN(C(=O)c4cccs4)CC3)nc2C1=O. The zero-order valence-corrected chi connectivity index (χ0v) is 19.4. The van der Waals surface area contributed by atoms with Gasteiger partial charge in [-0.05, 0) is 25.5 Å². The summed E-state index contributed by atoms with van der Waals surface area (Å²) in [6.45, 7) is 2.81. The molecule has 2 amide bonds. The number of ketones is 2. The number of hydrogen-bond acceptors (Lipinski definition) is 9. The monoisotopic (exact) mass is 473 g/mol. The van der Waals surface area contributed by atoms with E-state index in [0.29, 0.717) is 44.1 Å². The lowest BCUT2D eigenvalue weighted by molar-refractivity contribution is 0.0538. The minimum atomic E-state index is -0.375. The number of Topliss-reactive ketones (excluding diaryl/α,β-unsaturated/α-hetero) is 1. The van der Waals surface area contributed by atoms with Crippen molar-refractivity contribution in [2.75, 3.05) is 53.4 Å². The van der Waals surface area contributed by atoms with Gasteiger partial charge in [0.1, 0.15) is 10.6 Å². The maximum absolute atomic E-state index is 13.0. The maximum atomic E-state index is 13.0. The smallest absolute Gasteiger partial charge is 0.282 e. The number of carbonyl (C=O) groups is 4. The molecule has 32 heavy (non-hydrogen) atoms. The Kier molecular flexibility index (Phi) is 6.49. The molecular weight excluding hydrogens is 450 g/mol. The Morgan fingerprint density at radius 3 is 2.44 bits per heavy atom. The van der Waals surface area contributed by atoms with Gasteiger partial charge in [0.25, 0.3) is 11.8 Å². The number of thiophene rings is 1. The third kappa shape index (κ3) is 4.50. The number of thiazole rings is 1. The number of nitrogens with zero attached hydrogens (tertiary/aromatic N) is 4. The molecule has 168 valence electrons. The van der Waals surface area contributed by atoms with Crippen molar-refractivity contribution in [1.82, 2.24) is 25.0 Å². The van der Waals surface area contributed by atoms with Crippen molar-refractivity contribution < 1.29 is 19.2 Å².